The molecule has 0 radical (unpaired) electrons. The average molecular weight is 558 g/mol. The number of anilines is 1. The van der Waals surface area contributed by atoms with Crippen molar-refractivity contribution in [3.05, 3.63) is 89.2 Å². The van der Waals surface area contributed by atoms with Crippen LogP contribution < -0.4 is 9.64 Å². The van der Waals surface area contributed by atoms with E-state index in [0.29, 0.717) is 5.91 Å². The normalized spacial score (nSPS) is 16.9. The SMILES string of the molecule is COc1ccc(Cn2c(CN3CCC(C(=O)N4CCN(c5cccc(Cl)c5)CC4)CC3)nc3ccccc32)cc1. The molecule has 0 saturated carbocycles. The van der Waals surface area contributed by atoms with E-state index >= 15 is 0 Å². The Morgan fingerprint density at radius 3 is 2.38 bits per heavy atom. The lowest BCUT2D eigenvalue weighted by Crippen LogP contribution is -2.51. The van der Waals surface area contributed by atoms with Crippen molar-refractivity contribution in [2.75, 3.05) is 51.3 Å². The molecule has 0 N–H and O–H groups in total. The van der Waals surface area contributed by atoms with Crippen molar-refractivity contribution in [3.8, 4) is 5.75 Å². The molecule has 2 fully saturated rings. The molecule has 7 nitrogen and oxygen atoms in total. The molecule has 8 heteroatoms. The molecule has 2 aliphatic heterocycles. The summed E-state index contributed by atoms with van der Waals surface area (Å²) in [5, 5.41) is 0.749. The first-order chi connectivity index (χ1) is 19.6. The fraction of sp³-hybridized carbons (Fsp3) is 0.375. The fourth-order valence-corrected chi connectivity index (χ4v) is 6.17. The van der Waals surface area contributed by atoms with E-state index in [1.165, 1.54) is 5.56 Å². The largest absolute Gasteiger partial charge is 0.497 e. The molecule has 6 rings (SSSR count). The number of para-hydroxylation sites is 2. The molecule has 0 bridgehead atoms. The van der Waals surface area contributed by atoms with Gasteiger partial charge < -0.3 is 19.1 Å². The molecule has 0 spiro atoms. The van der Waals surface area contributed by atoms with E-state index in [1.54, 1.807) is 7.11 Å². The van der Waals surface area contributed by atoms with E-state index in [0.717, 1.165) is 98.5 Å². The number of methoxy groups -OCH3 is 1. The van der Waals surface area contributed by atoms with Gasteiger partial charge in [-0.1, -0.05) is 41.9 Å². The Labute approximate surface area is 240 Å². The highest BCUT2D eigenvalue weighted by Crippen LogP contribution is 2.26. The first-order valence-corrected chi connectivity index (χ1v) is 14.5. The molecule has 1 aromatic heterocycles. The first-order valence-electron chi connectivity index (χ1n) is 14.2. The number of piperidine rings is 1. The van der Waals surface area contributed by atoms with Gasteiger partial charge in [0.05, 0.1) is 24.7 Å². The second kappa shape index (κ2) is 11.9. The van der Waals surface area contributed by atoms with Gasteiger partial charge in [0, 0.05) is 49.4 Å². The predicted molar refractivity (Wildman–Crippen MR) is 160 cm³/mol. The number of hydrogen-bond donors (Lipinski definition) is 0. The van der Waals surface area contributed by atoms with Gasteiger partial charge in [-0.2, -0.15) is 0 Å². The Hall–Kier alpha value is -3.55. The van der Waals surface area contributed by atoms with Crippen molar-refractivity contribution in [2.24, 2.45) is 5.92 Å². The van der Waals surface area contributed by atoms with Crippen LogP contribution in [0.4, 0.5) is 5.69 Å². The molecule has 0 atom stereocenters. The third-order valence-electron chi connectivity index (χ3n) is 8.30. The van der Waals surface area contributed by atoms with E-state index < -0.39 is 0 Å². The van der Waals surface area contributed by atoms with Crippen LogP contribution in [-0.4, -0.2) is 71.6 Å². The molecule has 0 aliphatic carbocycles. The highest BCUT2D eigenvalue weighted by Gasteiger charge is 2.31. The highest BCUT2D eigenvalue weighted by molar-refractivity contribution is 6.30. The Bertz CT molecular complexity index is 1450. The third-order valence-corrected chi connectivity index (χ3v) is 8.53. The van der Waals surface area contributed by atoms with E-state index in [2.05, 4.69) is 55.7 Å². The Morgan fingerprint density at radius 2 is 1.65 bits per heavy atom. The third kappa shape index (κ3) is 5.81. The van der Waals surface area contributed by atoms with Crippen molar-refractivity contribution in [1.82, 2.24) is 19.4 Å². The summed E-state index contributed by atoms with van der Waals surface area (Å²) in [7, 11) is 1.69. The van der Waals surface area contributed by atoms with Gasteiger partial charge in [-0.25, -0.2) is 4.98 Å². The highest BCUT2D eigenvalue weighted by atomic mass is 35.5. The molecule has 0 unspecified atom stereocenters. The number of ether oxygens (including phenoxy) is 1. The summed E-state index contributed by atoms with van der Waals surface area (Å²) in [6.07, 6.45) is 1.79. The van der Waals surface area contributed by atoms with Gasteiger partial charge in [0.15, 0.2) is 0 Å². The summed E-state index contributed by atoms with van der Waals surface area (Å²) >= 11 is 6.18. The topological polar surface area (TPSA) is 53.8 Å². The van der Waals surface area contributed by atoms with Crippen molar-refractivity contribution in [1.29, 1.82) is 0 Å². The summed E-state index contributed by atoms with van der Waals surface area (Å²) in [5.74, 6) is 2.35. The number of nitrogens with zero attached hydrogens (tertiary/aromatic N) is 5. The van der Waals surface area contributed by atoms with E-state index in [1.807, 2.05) is 36.4 Å². The minimum atomic E-state index is 0.104. The van der Waals surface area contributed by atoms with Crippen molar-refractivity contribution in [3.63, 3.8) is 0 Å². The zero-order valence-corrected chi connectivity index (χ0v) is 23.8. The van der Waals surface area contributed by atoms with Crippen LogP contribution in [0.2, 0.25) is 5.02 Å². The number of aromatic nitrogens is 2. The smallest absolute Gasteiger partial charge is 0.225 e. The summed E-state index contributed by atoms with van der Waals surface area (Å²) in [6.45, 7) is 6.57. The number of fused-ring (bicyclic) bond motifs is 1. The summed E-state index contributed by atoms with van der Waals surface area (Å²) in [5.41, 5.74) is 4.51. The van der Waals surface area contributed by atoms with Gasteiger partial charge in [0.25, 0.3) is 0 Å². The summed E-state index contributed by atoms with van der Waals surface area (Å²) in [6, 6.07) is 24.6. The van der Waals surface area contributed by atoms with Crippen LogP contribution in [0.15, 0.2) is 72.8 Å². The number of benzene rings is 3. The molecule has 2 aliphatic rings. The van der Waals surface area contributed by atoms with Crippen LogP contribution in [0.3, 0.4) is 0 Å². The number of amides is 1. The minimum Gasteiger partial charge on any atom is -0.497 e. The quantitative estimate of drug-likeness (QED) is 0.308. The number of likely N-dealkylation sites (tertiary alicyclic amines) is 1. The molecular formula is C32H36ClN5O2. The zero-order valence-electron chi connectivity index (χ0n) is 23.0. The molecular weight excluding hydrogens is 522 g/mol. The van der Waals surface area contributed by atoms with E-state index in [9.17, 15) is 4.79 Å². The van der Waals surface area contributed by atoms with Crippen LogP contribution >= 0.6 is 11.6 Å². The number of carbonyl (C=O) groups is 1. The van der Waals surface area contributed by atoms with Crippen molar-refractivity contribution >= 4 is 34.2 Å². The molecule has 3 heterocycles. The fourth-order valence-electron chi connectivity index (χ4n) is 5.99. The lowest BCUT2D eigenvalue weighted by molar-refractivity contribution is -0.137. The molecule has 40 heavy (non-hydrogen) atoms. The average Bonchev–Trinajstić information content (AvgIpc) is 3.34. The monoisotopic (exact) mass is 557 g/mol. The van der Waals surface area contributed by atoms with Gasteiger partial charge in [-0.05, 0) is 74.0 Å². The number of halogens is 1. The van der Waals surface area contributed by atoms with Gasteiger partial charge in [0.1, 0.15) is 11.6 Å². The molecule has 2 saturated heterocycles. The number of carbonyl (C=O) groups excluding carboxylic acids is 1. The van der Waals surface area contributed by atoms with Gasteiger partial charge in [0.2, 0.25) is 5.91 Å². The van der Waals surface area contributed by atoms with Gasteiger partial charge >= 0.3 is 0 Å². The number of imidazole rings is 1. The standard InChI is InChI=1S/C32H36ClN5O2/c1-40-28-11-9-24(10-12-28)22-38-30-8-3-2-7-29(30)34-31(38)23-35-15-13-25(14-16-35)32(39)37-19-17-36(18-20-37)27-6-4-5-26(33)21-27/h2-12,21,25H,13-20,22-23H2,1H3. The lowest BCUT2D eigenvalue weighted by Gasteiger charge is -2.39. The summed E-state index contributed by atoms with van der Waals surface area (Å²) in [4.78, 5) is 25.2. The van der Waals surface area contributed by atoms with Crippen molar-refractivity contribution in [2.45, 2.75) is 25.9 Å². The Balaban J connectivity index is 1.06. The second-order valence-electron chi connectivity index (χ2n) is 10.8. The summed E-state index contributed by atoms with van der Waals surface area (Å²) < 4.78 is 7.66. The van der Waals surface area contributed by atoms with E-state index in [4.69, 9.17) is 21.3 Å². The number of hydrogen-bond acceptors (Lipinski definition) is 5. The number of rotatable bonds is 7. The van der Waals surface area contributed by atoms with E-state index in [-0.39, 0.29) is 5.92 Å². The van der Waals surface area contributed by atoms with Crippen LogP contribution in [0.25, 0.3) is 11.0 Å². The Kier molecular flexibility index (Phi) is 7.93. The molecule has 4 aromatic rings. The molecule has 208 valence electrons. The second-order valence-corrected chi connectivity index (χ2v) is 11.2. The van der Waals surface area contributed by atoms with Crippen LogP contribution in [0.1, 0.15) is 24.2 Å². The van der Waals surface area contributed by atoms with Crippen LogP contribution in [-0.2, 0) is 17.9 Å². The van der Waals surface area contributed by atoms with Gasteiger partial charge in [-0.15, -0.1) is 0 Å². The maximum absolute atomic E-state index is 13.4. The van der Waals surface area contributed by atoms with Crippen molar-refractivity contribution < 1.29 is 9.53 Å². The number of piperazine rings is 1. The minimum absolute atomic E-state index is 0.104. The molecule has 3 aromatic carbocycles. The maximum Gasteiger partial charge on any atom is 0.225 e. The molecule has 1 amide bonds. The Morgan fingerprint density at radius 1 is 0.900 bits per heavy atom. The van der Waals surface area contributed by atoms with Crippen LogP contribution in [0, 0.1) is 5.92 Å². The predicted octanol–water partition coefficient (Wildman–Crippen LogP) is 5.31. The zero-order chi connectivity index (χ0) is 27.5. The maximum atomic E-state index is 13.4. The lowest BCUT2D eigenvalue weighted by atomic mass is 9.95. The van der Waals surface area contributed by atoms with Gasteiger partial charge in [-0.3, -0.25) is 9.69 Å². The van der Waals surface area contributed by atoms with Crippen LogP contribution in [0.5, 0.6) is 5.75 Å². The first kappa shape index (κ1) is 26.7.